The lowest BCUT2D eigenvalue weighted by atomic mass is 10.0. The van der Waals surface area contributed by atoms with E-state index in [-0.39, 0.29) is 0 Å². The van der Waals surface area contributed by atoms with Crippen molar-refractivity contribution in [1.29, 1.82) is 0 Å². The molecule has 1 fully saturated rings. The fraction of sp³-hybridized carbons (Fsp3) is 0.375. The summed E-state index contributed by atoms with van der Waals surface area (Å²) in [5.41, 5.74) is 1.45. The van der Waals surface area contributed by atoms with Gasteiger partial charge in [0.05, 0.1) is 0 Å². The molecule has 17 heavy (non-hydrogen) atoms. The first-order chi connectivity index (χ1) is 8.24. The lowest BCUT2D eigenvalue weighted by molar-refractivity contribution is 0.702. The molecule has 88 valence electrons. The SMILES string of the molecule is CC1CC1C(Br)Cc1ccc2ccccc2c1. The molecule has 2 aromatic carbocycles. The van der Waals surface area contributed by atoms with Crippen LogP contribution in [0.5, 0.6) is 0 Å². The van der Waals surface area contributed by atoms with E-state index in [2.05, 4.69) is 65.3 Å². The van der Waals surface area contributed by atoms with Crippen molar-refractivity contribution in [2.75, 3.05) is 0 Å². The molecule has 1 aliphatic carbocycles. The Morgan fingerprint density at radius 1 is 1.18 bits per heavy atom. The summed E-state index contributed by atoms with van der Waals surface area (Å²) in [6.45, 7) is 2.35. The van der Waals surface area contributed by atoms with Crippen LogP contribution in [0.15, 0.2) is 42.5 Å². The molecule has 0 spiro atoms. The second kappa shape index (κ2) is 4.45. The second-order valence-electron chi connectivity index (χ2n) is 5.28. The van der Waals surface area contributed by atoms with Gasteiger partial charge in [-0.15, -0.1) is 0 Å². The molecule has 3 unspecified atom stereocenters. The number of halogens is 1. The van der Waals surface area contributed by atoms with Crippen LogP contribution in [0.2, 0.25) is 0 Å². The third kappa shape index (κ3) is 2.40. The summed E-state index contributed by atoms with van der Waals surface area (Å²) in [4.78, 5) is 0.652. The fourth-order valence-corrected chi connectivity index (χ4v) is 3.71. The van der Waals surface area contributed by atoms with E-state index in [4.69, 9.17) is 0 Å². The van der Waals surface area contributed by atoms with Crippen LogP contribution in [0.1, 0.15) is 18.9 Å². The molecule has 1 heteroatoms. The minimum atomic E-state index is 0.652. The van der Waals surface area contributed by atoms with Gasteiger partial charge in [0.2, 0.25) is 0 Å². The molecule has 0 heterocycles. The molecule has 1 aliphatic rings. The maximum atomic E-state index is 3.85. The fourth-order valence-electron chi connectivity index (χ4n) is 2.60. The van der Waals surface area contributed by atoms with Gasteiger partial charge in [0, 0.05) is 4.83 Å². The van der Waals surface area contributed by atoms with Gasteiger partial charge < -0.3 is 0 Å². The largest absolute Gasteiger partial charge is 0.0884 e. The Balaban J connectivity index is 1.81. The van der Waals surface area contributed by atoms with Crippen LogP contribution in [-0.2, 0) is 6.42 Å². The highest BCUT2D eigenvalue weighted by atomic mass is 79.9. The van der Waals surface area contributed by atoms with Gasteiger partial charge in [0.15, 0.2) is 0 Å². The molecular weight excluding hydrogens is 272 g/mol. The number of alkyl halides is 1. The second-order valence-corrected chi connectivity index (χ2v) is 6.45. The summed E-state index contributed by atoms with van der Waals surface area (Å²) in [5.74, 6) is 1.81. The van der Waals surface area contributed by atoms with Crippen molar-refractivity contribution in [1.82, 2.24) is 0 Å². The summed E-state index contributed by atoms with van der Waals surface area (Å²) >= 11 is 3.85. The van der Waals surface area contributed by atoms with Crippen LogP contribution < -0.4 is 0 Å². The van der Waals surface area contributed by atoms with Crippen LogP contribution in [0.25, 0.3) is 10.8 Å². The summed E-state index contributed by atoms with van der Waals surface area (Å²) in [6.07, 6.45) is 2.54. The highest BCUT2D eigenvalue weighted by Crippen LogP contribution is 2.44. The lowest BCUT2D eigenvalue weighted by Crippen LogP contribution is -2.06. The van der Waals surface area contributed by atoms with Crippen LogP contribution >= 0.6 is 15.9 Å². The van der Waals surface area contributed by atoms with Crippen molar-refractivity contribution in [3.8, 4) is 0 Å². The standard InChI is InChI=1S/C16H17Br/c1-11-8-15(11)16(17)10-12-6-7-13-4-2-3-5-14(13)9-12/h2-7,9,11,15-16H,8,10H2,1H3. The number of rotatable bonds is 3. The Bertz CT molecular complexity index is 532. The molecule has 3 atom stereocenters. The van der Waals surface area contributed by atoms with E-state index < -0.39 is 0 Å². The van der Waals surface area contributed by atoms with Gasteiger partial charge in [0.25, 0.3) is 0 Å². The van der Waals surface area contributed by atoms with Gasteiger partial charge in [-0.3, -0.25) is 0 Å². The molecule has 0 amide bonds. The predicted molar refractivity (Wildman–Crippen MR) is 77.6 cm³/mol. The van der Waals surface area contributed by atoms with Crippen molar-refractivity contribution in [3.05, 3.63) is 48.0 Å². The van der Waals surface area contributed by atoms with Gasteiger partial charge in [-0.05, 0) is 41.0 Å². The summed E-state index contributed by atoms with van der Waals surface area (Å²) < 4.78 is 0. The maximum absolute atomic E-state index is 3.85. The molecule has 0 saturated heterocycles. The third-order valence-corrected chi connectivity index (χ3v) is 4.88. The van der Waals surface area contributed by atoms with Crippen molar-refractivity contribution >= 4 is 26.7 Å². The van der Waals surface area contributed by atoms with E-state index in [0.29, 0.717) is 4.83 Å². The molecule has 0 nitrogen and oxygen atoms in total. The quantitative estimate of drug-likeness (QED) is 0.712. The molecule has 0 bridgehead atoms. The Kier molecular flexibility index (Phi) is 2.96. The minimum Gasteiger partial charge on any atom is -0.0884 e. The highest BCUT2D eigenvalue weighted by molar-refractivity contribution is 9.09. The van der Waals surface area contributed by atoms with Gasteiger partial charge in [-0.2, -0.15) is 0 Å². The van der Waals surface area contributed by atoms with Crippen LogP contribution in [-0.4, -0.2) is 4.83 Å². The Morgan fingerprint density at radius 3 is 2.59 bits per heavy atom. The van der Waals surface area contributed by atoms with Crippen LogP contribution in [0.4, 0.5) is 0 Å². The van der Waals surface area contributed by atoms with E-state index in [1.54, 1.807) is 0 Å². The van der Waals surface area contributed by atoms with Crippen LogP contribution in [0.3, 0.4) is 0 Å². The number of fused-ring (bicyclic) bond motifs is 1. The predicted octanol–water partition coefficient (Wildman–Crippen LogP) is 4.80. The number of hydrogen-bond acceptors (Lipinski definition) is 0. The van der Waals surface area contributed by atoms with E-state index in [0.717, 1.165) is 18.3 Å². The Morgan fingerprint density at radius 2 is 1.88 bits per heavy atom. The molecule has 0 radical (unpaired) electrons. The van der Waals surface area contributed by atoms with E-state index in [9.17, 15) is 0 Å². The lowest BCUT2D eigenvalue weighted by Gasteiger charge is -2.09. The summed E-state index contributed by atoms with van der Waals surface area (Å²) in [6, 6.07) is 15.4. The maximum Gasteiger partial charge on any atom is 0.0217 e. The molecule has 0 aromatic heterocycles. The number of hydrogen-bond donors (Lipinski definition) is 0. The van der Waals surface area contributed by atoms with Gasteiger partial charge in [-0.1, -0.05) is 65.3 Å². The van der Waals surface area contributed by atoms with Gasteiger partial charge in [-0.25, -0.2) is 0 Å². The van der Waals surface area contributed by atoms with Crippen molar-refractivity contribution in [2.24, 2.45) is 11.8 Å². The monoisotopic (exact) mass is 288 g/mol. The van der Waals surface area contributed by atoms with Gasteiger partial charge >= 0.3 is 0 Å². The first-order valence-corrected chi connectivity index (χ1v) is 7.27. The minimum absolute atomic E-state index is 0.652. The molecule has 3 rings (SSSR count). The van der Waals surface area contributed by atoms with Crippen molar-refractivity contribution in [2.45, 2.75) is 24.6 Å². The Labute approximate surface area is 111 Å². The summed E-state index contributed by atoms with van der Waals surface area (Å²) in [7, 11) is 0. The average Bonchev–Trinajstić information content (AvgIpc) is 3.06. The van der Waals surface area contributed by atoms with E-state index >= 15 is 0 Å². The van der Waals surface area contributed by atoms with Crippen molar-refractivity contribution < 1.29 is 0 Å². The van der Waals surface area contributed by atoms with Crippen LogP contribution in [0, 0.1) is 11.8 Å². The van der Waals surface area contributed by atoms with Gasteiger partial charge in [0.1, 0.15) is 0 Å². The number of benzene rings is 2. The topological polar surface area (TPSA) is 0 Å². The van der Waals surface area contributed by atoms with E-state index in [1.165, 1.54) is 22.8 Å². The zero-order valence-corrected chi connectivity index (χ0v) is 11.7. The normalized spacial score (nSPS) is 24.8. The average molecular weight is 289 g/mol. The summed E-state index contributed by atoms with van der Waals surface area (Å²) in [5, 5.41) is 2.69. The first-order valence-electron chi connectivity index (χ1n) is 6.36. The molecule has 0 aliphatic heterocycles. The highest BCUT2D eigenvalue weighted by Gasteiger charge is 2.37. The molecule has 2 aromatic rings. The first kappa shape index (κ1) is 11.3. The molecule has 0 N–H and O–H groups in total. The zero-order valence-electron chi connectivity index (χ0n) is 10.1. The molecular formula is C16H17Br. The third-order valence-electron chi connectivity index (χ3n) is 3.88. The Hall–Kier alpha value is -0.820. The van der Waals surface area contributed by atoms with E-state index in [1.807, 2.05) is 0 Å². The smallest absolute Gasteiger partial charge is 0.0217 e. The zero-order chi connectivity index (χ0) is 11.8. The van der Waals surface area contributed by atoms with Crippen molar-refractivity contribution in [3.63, 3.8) is 0 Å². The molecule has 1 saturated carbocycles.